The van der Waals surface area contributed by atoms with Gasteiger partial charge in [0.15, 0.2) is 0 Å². The number of nitrogens with zero attached hydrogens (tertiary/aromatic N) is 1. The van der Waals surface area contributed by atoms with Crippen LogP contribution in [-0.2, 0) is 4.79 Å². The first-order chi connectivity index (χ1) is 3.68. The van der Waals surface area contributed by atoms with Gasteiger partial charge < -0.3 is 15.7 Å². The number of rotatable bonds is 2. The minimum absolute atomic E-state index is 0. The highest BCUT2D eigenvalue weighted by Crippen LogP contribution is 1.72. The molecule has 1 amide bonds. The Bertz CT molecular complexity index is 87.7. The molecule has 10 heavy (non-hydrogen) atoms. The lowest BCUT2D eigenvalue weighted by atomic mass is 10.5. The van der Waals surface area contributed by atoms with Gasteiger partial charge in [0.25, 0.3) is 0 Å². The van der Waals surface area contributed by atoms with E-state index in [1.54, 1.807) is 26.0 Å². The summed E-state index contributed by atoms with van der Waals surface area (Å²) in [5, 5.41) is 2.76. The predicted octanol–water partition coefficient (Wildman–Crippen LogP) is -1.11. The van der Waals surface area contributed by atoms with Crippen molar-refractivity contribution in [2.24, 2.45) is 0 Å². The monoisotopic (exact) mass is 170 g/mol. The lowest BCUT2D eigenvalue weighted by molar-refractivity contribution is -0.127. The van der Waals surface area contributed by atoms with Crippen LogP contribution in [-0.4, -0.2) is 44.0 Å². The molecule has 0 heterocycles. The van der Waals surface area contributed by atoms with Gasteiger partial charge in [0.05, 0.1) is 6.54 Å². The average molecular weight is 171 g/mol. The van der Waals surface area contributed by atoms with E-state index < -0.39 is 0 Å². The van der Waals surface area contributed by atoms with Crippen LogP contribution in [0, 0.1) is 0 Å². The molecular weight excluding hydrogens is 156 g/mol. The van der Waals surface area contributed by atoms with E-state index in [1.807, 2.05) is 0 Å². The lowest BCUT2D eigenvalue weighted by Gasteiger charge is -2.07. The maximum Gasteiger partial charge on any atom is 0.235 e. The summed E-state index contributed by atoms with van der Waals surface area (Å²) in [4.78, 5) is 12.2. The number of hydrogen-bond acceptors (Lipinski definition) is 2. The van der Waals surface area contributed by atoms with Gasteiger partial charge in [-0.1, -0.05) is 0 Å². The van der Waals surface area contributed by atoms with Gasteiger partial charge in [-0.05, 0) is 7.05 Å². The number of carbonyl (C=O) groups excluding carboxylic acids is 1. The third kappa shape index (κ3) is 7.68. The van der Waals surface area contributed by atoms with Crippen LogP contribution in [0.15, 0.2) is 0 Å². The van der Waals surface area contributed by atoms with Crippen LogP contribution in [0.5, 0.6) is 0 Å². The highest BCUT2D eigenvalue weighted by atomic mass is 35.5. The second kappa shape index (κ2) is 8.68. The molecule has 0 rings (SSSR count). The number of halogens is 1. The fourth-order valence-corrected chi connectivity index (χ4v) is 0.309. The van der Waals surface area contributed by atoms with Gasteiger partial charge in [-0.25, -0.2) is 0 Å². The van der Waals surface area contributed by atoms with E-state index in [0.29, 0.717) is 6.54 Å². The highest BCUT2D eigenvalue weighted by molar-refractivity contribution is 5.85. The third-order valence-corrected chi connectivity index (χ3v) is 0.827. The van der Waals surface area contributed by atoms with Crippen molar-refractivity contribution in [3.63, 3.8) is 0 Å². The maximum absolute atomic E-state index is 10.6. The summed E-state index contributed by atoms with van der Waals surface area (Å²) in [5.74, 6) is 0.104. The number of amides is 1. The second-order valence-corrected chi connectivity index (χ2v) is 1.82. The molecule has 0 bridgehead atoms. The van der Waals surface area contributed by atoms with Crippen molar-refractivity contribution in [3.8, 4) is 0 Å². The zero-order valence-electron chi connectivity index (χ0n) is 6.47. The van der Waals surface area contributed by atoms with E-state index in [0.717, 1.165) is 0 Å². The summed E-state index contributed by atoms with van der Waals surface area (Å²) < 4.78 is 0. The lowest BCUT2D eigenvalue weighted by Crippen LogP contribution is -2.30. The zero-order chi connectivity index (χ0) is 6.57. The summed E-state index contributed by atoms with van der Waals surface area (Å²) in [6.45, 7) is 0.424. The Balaban J connectivity index is -0.000000245. The third-order valence-electron chi connectivity index (χ3n) is 0.827. The van der Waals surface area contributed by atoms with Gasteiger partial charge >= 0.3 is 0 Å². The second-order valence-electron chi connectivity index (χ2n) is 1.82. The predicted molar refractivity (Wildman–Crippen MR) is 43.5 cm³/mol. The molecule has 4 nitrogen and oxygen atoms in total. The van der Waals surface area contributed by atoms with Crippen LogP contribution in [0.4, 0.5) is 0 Å². The summed E-state index contributed by atoms with van der Waals surface area (Å²) >= 11 is 0. The van der Waals surface area contributed by atoms with E-state index in [1.165, 1.54) is 0 Å². The van der Waals surface area contributed by atoms with Crippen LogP contribution in [0.2, 0.25) is 0 Å². The topological polar surface area (TPSA) is 63.8 Å². The molecule has 0 aliphatic carbocycles. The normalized spacial score (nSPS) is 7.10. The minimum Gasteiger partial charge on any atom is -0.412 e. The Labute approximate surface area is 67.3 Å². The van der Waals surface area contributed by atoms with Gasteiger partial charge in [0, 0.05) is 14.1 Å². The number of likely N-dealkylation sites (N-methyl/N-ethyl adjacent to an activating group) is 2. The van der Waals surface area contributed by atoms with Crippen LogP contribution in [0.1, 0.15) is 0 Å². The van der Waals surface area contributed by atoms with Crippen LogP contribution < -0.4 is 5.32 Å². The molecule has 0 atom stereocenters. The Morgan fingerprint density at radius 1 is 1.50 bits per heavy atom. The summed E-state index contributed by atoms with van der Waals surface area (Å²) in [7, 11) is 5.22. The molecule has 0 aliphatic rings. The molecule has 0 saturated carbocycles. The van der Waals surface area contributed by atoms with Crippen LogP contribution in [0.3, 0.4) is 0 Å². The van der Waals surface area contributed by atoms with Crippen LogP contribution in [0.25, 0.3) is 0 Å². The zero-order valence-corrected chi connectivity index (χ0v) is 7.29. The largest absolute Gasteiger partial charge is 0.412 e. The fourth-order valence-electron chi connectivity index (χ4n) is 0.309. The molecule has 0 aromatic rings. The molecule has 0 aromatic heterocycles. The quantitative estimate of drug-likeness (QED) is 0.572. The first-order valence-corrected chi connectivity index (χ1v) is 2.53. The van der Waals surface area contributed by atoms with Gasteiger partial charge in [0.1, 0.15) is 0 Å². The van der Waals surface area contributed by atoms with Crippen molar-refractivity contribution >= 4 is 18.3 Å². The molecule has 0 radical (unpaired) electrons. The van der Waals surface area contributed by atoms with Crippen molar-refractivity contribution in [1.82, 2.24) is 10.2 Å². The number of carbonyl (C=O) groups is 1. The standard InChI is InChI=1S/C5H12N2O.ClH.H2O/c1-6-4-5(8)7(2)3;;/h6H,4H2,1-3H3;1H;1H2. The molecule has 0 fully saturated rings. The van der Waals surface area contributed by atoms with Crippen molar-refractivity contribution in [3.05, 3.63) is 0 Å². The highest BCUT2D eigenvalue weighted by Gasteiger charge is 1.98. The SMILES string of the molecule is CNCC(=O)N(C)C.Cl.O. The first-order valence-electron chi connectivity index (χ1n) is 2.53. The molecule has 0 aromatic carbocycles. The minimum atomic E-state index is 0. The Hall–Kier alpha value is -0.320. The maximum atomic E-state index is 10.6. The van der Waals surface area contributed by atoms with E-state index in [9.17, 15) is 4.79 Å². The molecule has 0 unspecified atom stereocenters. The Morgan fingerprint density at radius 3 is 2.00 bits per heavy atom. The molecule has 0 saturated heterocycles. The smallest absolute Gasteiger partial charge is 0.235 e. The van der Waals surface area contributed by atoms with Gasteiger partial charge in [-0.15, -0.1) is 12.4 Å². The Kier molecular flexibility index (Phi) is 14.2. The fraction of sp³-hybridized carbons (Fsp3) is 0.800. The van der Waals surface area contributed by atoms with Gasteiger partial charge in [0.2, 0.25) is 5.91 Å². The Morgan fingerprint density at radius 2 is 1.90 bits per heavy atom. The van der Waals surface area contributed by atoms with Crippen molar-refractivity contribution in [1.29, 1.82) is 0 Å². The molecular formula is C5H15ClN2O2. The average Bonchev–Trinajstić information content (AvgIpc) is 1.67. The first kappa shape index (κ1) is 16.3. The van der Waals surface area contributed by atoms with Crippen molar-refractivity contribution in [2.75, 3.05) is 27.7 Å². The van der Waals surface area contributed by atoms with E-state index >= 15 is 0 Å². The molecule has 0 spiro atoms. The molecule has 3 N–H and O–H groups in total. The van der Waals surface area contributed by atoms with E-state index in [4.69, 9.17) is 0 Å². The number of nitrogens with one attached hydrogen (secondary N) is 1. The molecule has 64 valence electrons. The van der Waals surface area contributed by atoms with Gasteiger partial charge in [-0.2, -0.15) is 0 Å². The molecule has 5 heteroatoms. The summed E-state index contributed by atoms with van der Waals surface area (Å²) in [6, 6.07) is 0. The van der Waals surface area contributed by atoms with E-state index in [-0.39, 0.29) is 23.8 Å². The molecule has 0 aliphatic heterocycles. The van der Waals surface area contributed by atoms with Gasteiger partial charge in [-0.3, -0.25) is 4.79 Å². The van der Waals surface area contributed by atoms with Crippen molar-refractivity contribution < 1.29 is 10.3 Å². The summed E-state index contributed by atoms with van der Waals surface area (Å²) in [5.41, 5.74) is 0. The number of hydrogen-bond donors (Lipinski definition) is 1. The summed E-state index contributed by atoms with van der Waals surface area (Å²) in [6.07, 6.45) is 0. The van der Waals surface area contributed by atoms with Crippen molar-refractivity contribution in [2.45, 2.75) is 0 Å². The van der Waals surface area contributed by atoms with E-state index in [2.05, 4.69) is 5.32 Å². The van der Waals surface area contributed by atoms with Crippen LogP contribution >= 0.6 is 12.4 Å².